The molecule has 0 bridgehead atoms. The molecule has 3 aromatic rings. The van der Waals surface area contributed by atoms with Gasteiger partial charge in [0.25, 0.3) is 6.43 Å². The van der Waals surface area contributed by atoms with E-state index in [0.717, 1.165) is 12.1 Å². The highest BCUT2D eigenvalue weighted by atomic mass is 19.3. The van der Waals surface area contributed by atoms with Crippen LogP contribution in [0.2, 0.25) is 0 Å². The van der Waals surface area contributed by atoms with Gasteiger partial charge in [-0.3, -0.25) is 4.90 Å². The van der Waals surface area contributed by atoms with E-state index in [-0.39, 0.29) is 18.3 Å². The summed E-state index contributed by atoms with van der Waals surface area (Å²) in [6.07, 6.45) is 0.143. The van der Waals surface area contributed by atoms with E-state index in [1.807, 2.05) is 6.92 Å². The number of ether oxygens (including phenoxy) is 1. The fraction of sp³-hybridized carbons (Fsp3) is 0.364. The van der Waals surface area contributed by atoms with E-state index < -0.39 is 36.1 Å². The van der Waals surface area contributed by atoms with Crippen LogP contribution >= 0.6 is 0 Å². The summed E-state index contributed by atoms with van der Waals surface area (Å²) in [5.41, 5.74) is 0.356. The van der Waals surface area contributed by atoms with Gasteiger partial charge >= 0.3 is 6.09 Å². The number of nitrogens with zero attached hydrogens (tertiary/aromatic N) is 5. The SMILES string of the molecule is C[C@H](Cc1nccc(N2C(=O)OC[C@@H]2[C@H](C)F)n1)c1cn(-c2ccc(C(F)F)c(F)c2)cn1. The van der Waals surface area contributed by atoms with Crippen molar-refractivity contribution in [2.24, 2.45) is 0 Å². The van der Waals surface area contributed by atoms with Crippen LogP contribution in [0, 0.1) is 5.82 Å². The molecule has 0 aliphatic carbocycles. The topological polar surface area (TPSA) is 73.1 Å². The average molecular weight is 463 g/mol. The van der Waals surface area contributed by atoms with Crippen molar-refractivity contribution < 1.29 is 27.1 Å². The Morgan fingerprint density at radius 1 is 1.18 bits per heavy atom. The number of carbonyl (C=O) groups is 1. The lowest BCUT2D eigenvalue weighted by atomic mass is 10.0. The Labute approximate surface area is 187 Å². The minimum absolute atomic E-state index is 0.0530. The third-order valence-corrected chi connectivity index (χ3v) is 5.49. The highest BCUT2D eigenvalue weighted by Crippen LogP contribution is 2.27. The Hall–Kier alpha value is -3.50. The Bertz CT molecular complexity index is 1150. The summed E-state index contributed by atoms with van der Waals surface area (Å²) in [4.78, 5) is 26.2. The first-order valence-corrected chi connectivity index (χ1v) is 10.3. The number of aromatic nitrogens is 4. The molecule has 0 N–H and O–H groups in total. The standard InChI is InChI=1S/C22H21F4N5O2/c1-12(17-9-30(11-28-17)14-3-4-15(21(25)26)16(24)8-14)7-19-27-6-5-20(29-19)31-18(13(2)23)10-33-22(31)32/h3-6,8-9,11-13,18,21H,7,10H2,1-2H3/t12-,13+,18-/m1/s1. The van der Waals surface area contributed by atoms with Crippen LogP contribution in [0.25, 0.3) is 5.69 Å². The van der Waals surface area contributed by atoms with Crippen LogP contribution in [-0.4, -0.2) is 44.4 Å². The monoisotopic (exact) mass is 463 g/mol. The van der Waals surface area contributed by atoms with Crippen LogP contribution in [0.3, 0.4) is 0 Å². The first-order valence-electron chi connectivity index (χ1n) is 10.3. The van der Waals surface area contributed by atoms with Crippen molar-refractivity contribution in [1.29, 1.82) is 0 Å². The zero-order chi connectivity index (χ0) is 23.7. The minimum Gasteiger partial charge on any atom is -0.447 e. The molecule has 0 saturated carbocycles. The number of carbonyl (C=O) groups excluding carboxylic acids is 1. The van der Waals surface area contributed by atoms with Gasteiger partial charge in [0.2, 0.25) is 0 Å². The molecule has 1 aliphatic rings. The molecule has 0 spiro atoms. The summed E-state index contributed by atoms with van der Waals surface area (Å²) >= 11 is 0. The van der Waals surface area contributed by atoms with Crippen molar-refractivity contribution in [3.63, 3.8) is 0 Å². The van der Waals surface area contributed by atoms with Crippen molar-refractivity contribution >= 4 is 11.9 Å². The molecule has 3 atom stereocenters. The summed E-state index contributed by atoms with van der Waals surface area (Å²) in [7, 11) is 0. The van der Waals surface area contributed by atoms with Crippen molar-refractivity contribution in [2.45, 2.75) is 44.8 Å². The summed E-state index contributed by atoms with van der Waals surface area (Å²) in [6.45, 7) is 3.19. The Morgan fingerprint density at radius 3 is 2.67 bits per heavy atom. The van der Waals surface area contributed by atoms with Gasteiger partial charge in [-0.15, -0.1) is 0 Å². The number of halogens is 4. The molecule has 1 saturated heterocycles. The van der Waals surface area contributed by atoms with Crippen LogP contribution in [0.5, 0.6) is 0 Å². The maximum atomic E-state index is 13.9. The first-order chi connectivity index (χ1) is 15.7. The summed E-state index contributed by atoms with van der Waals surface area (Å²) in [5.74, 6) is -0.471. The largest absolute Gasteiger partial charge is 0.447 e. The molecule has 1 aliphatic heterocycles. The number of amides is 1. The lowest BCUT2D eigenvalue weighted by molar-refractivity contribution is 0.146. The molecule has 0 unspecified atom stereocenters. The van der Waals surface area contributed by atoms with Gasteiger partial charge in [0, 0.05) is 30.4 Å². The molecule has 3 heterocycles. The molecule has 1 aromatic carbocycles. The average Bonchev–Trinajstić information content (AvgIpc) is 3.41. The lowest BCUT2D eigenvalue weighted by Crippen LogP contribution is -2.39. The van der Waals surface area contributed by atoms with Crippen LogP contribution in [-0.2, 0) is 11.2 Å². The second-order valence-corrected chi connectivity index (χ2v) is 7.84. The van der Waals surface area contributed by atoms with Gasteiger partial charge in [0.1, 0.15) is 36.3 Å². The number of alkyl halides is 3. The predicted octanol–water partition coefficient (Wildman–Crippen LogP) is 4.77. The molecule has 1 fully saturated rings. The van der Waals surface area contributed by atoms with Crippen LogP contribution in [0.1, 0.15) is 43.3 Å². The third kappa shape index (κ3) is 4.67. The van der Waals surface area contributed by atoms with Crippen molar-refractivity contribution in [3.8, 4) is 5.69 Å². The highest BCUT2D eigenvalue weighted by molar-refractivity contribution is 5.89. The van der Waals surface area contributed by atoms with E-state index in [4.69, 9.17) is 4.74 Å². The fourth-order valence-corrected chi connectivity index (χ4v) is 3.62. The van der Waals surface area contributed by atoms with Gasteiger partial charge in [0.15, 0.2) is 0 Å². The Morgan fingerprint density at radius 2 is 1.97 bits per heavy atom. The Balaban J connectivity index is 1.50. The quantitative estimate of drug-likeness (QED) is 0.472. The van der Waals surface area contributed by atoms with Crippen LogP contribution in [0.4, 0.5) is 28.2 Å². The summed E-state index contributed by atoms with van der Waals surface area (Å²) in [6, 6.07) is 4.23. The second-order valence-electron chi connectivity index (χ2n) is 7.84. The van der Waals surface area contributed by atoms with Crippen LogP contribution < -0.4 is 4.90 Å². The van der Waals surface area contributed by atoms with Crippen molar-refractivity contribution in [2.75, 3.05) is 11.5 Å². The summed E-state index contributed by atoms with van der Waals surface area (Å²) in [5, 5.41) is 0. The van der Waals surface area contributed by atoms with Gasteiger partial charge in [0.05, 0.1) is 17.6 Å². The molecule has 0 radical (unpaired) electrons. The summed E-state index contributed by atoms with van der Waals surface area (Å²) < 4.78 is 59.8. The molecule has 2 aromatic heterocycles. The molecular weight excluding hydrogens is 442 g/mol. The van der Waals surface area contributed by atoms with E-state index >= 15 is 0 Å². The molecule has 174 valence electrons. The molecule has 4 rings (SSSR count). The highest BCUT2D eigenvalue weighted by Gasteiger charge is 2.39. The molecule has 1 amide bonds. The van der Waals surface area contributed by atoms with Crippen LogP contribution in [0.15, 0.2) is 43.0 Å². The maximum absolute atomic E-state index is 13.9. The number of hydrogen-bond acceptors (Lipinski definition) is 5. The van der Waals surface area contributed by atoms with E-state index in [9.17, 15) is 22.4 Å². The number of benzene rings is 1. The molecular formula is C22H21F4N5O2. The Kier molecular flexibility index (Phi) is 6.30. The second kappa shape index (κ2) is 9.16. The van der Waals surface area contributed by atoms with Crippen molar-refractivity contribution in [3.05, 3.63) is 65.9 Å². The normalized spacial score (nSPS) is 18.0. The van der Waals surface area contributed by atoms with E-state index in [1.165, 1.54) is 41.0 Å². The van der Waals surface area contributed by atoms with E-state index in [0.29, 0.717) is 23.6 Å². The number of hydrogen-bond donors (Lipinski definition) is 0. The van der Waals surface area contributed by atoms with Gasteiger partial charge in [-0.2, -0.15) is 0 Å². The first kappa shape index (κ1) is 22.7. The van der Waals surface area contributed by atoms with Gasteiger partial charge in [-0.25, -0.2) is 37.3 Å². The maximum Gasteiger partial charge on any atom is 0.416 e. The molecule has 33 heavy (non-hydrogen) atoms. The van der Waals surface area contributed by atoms with Gasteiger partial charge in [-0.05, 0) is 31.2 Å². The zero-order valence-electron chi connectivity index (χ0n) is 17.8. The number of cyclic esters (lactones) is 1. The van der Waals surface area contributed by atoms with Crippen molar-refractivity contribution in [1.82, 2.24) is 19.5 Å². The zero-order valence-corrected chi connectivity index (χ0v) is 17.8. The molecule has 7 nitrogen and oxygen atoms in total. The van der Waals surface area contributed by atoms with E-state index in [2.05, 4.69) is 15.0 Å². The minimum atomic E-state index is -2.89. The van der Waals surface area contributed by atoms with E-state index in [1.54, 1.807) is 6.20 Å². The van der Waals surface area contributed by atoms with Gasteiger partial charge < -0.3 is 9.30 Å². The number of imidazole rings is 1. The predicted molar refractivity (Wildman–Crippen MR) is 111 cm³/mol. The smallest absolute Gasteiger partial charge is 0.416 e. The number of anilines is 1. The lowest BCUT2D eigenvalue weighted by Gasteiger charge is -2.21. The molecule has 11 heteroatoms. The fourth-order valence-electron chi connectivity index (χ4n) is 3.62. The third-order valence-electron chi connectivity index (χ3n) is 5.49. The van der Waals surface area contributed by atoms with Gasteiger partial charge in [-0.1, -0.05) is 6.92 Å². The number of rotatable bonds is 7.